The molecule has 0 saturated heterocycles. The molecule has 1 amide bonds. The van der Waals surface area contributed by atoms with Crippen LogP contribution < -0.4 is 9.64 Å². The van der Waals surface area contributed by atoms with Crippen LogP contribution in [0, 0.1) is 0 Å². The molecule has 0 unspecified atom stereocenters. The number of carbonyl (C=O) groups excluding carboxylic acids is 1. The molecule has 1 aliphatic heterocycles. The van der Waals surface area contributed by atoms with Gasteiger partial charge in [-0.25, -0.2) is 0 Å². The maximum absolute atomic E-state index is 12.8. The molecule has 0 bridgehead atoms. The van der Waals surface area contributed by atoms with Gasteiger partial charge in [0.15, 0.2) is 5.75 Å². The molecule has 0 fully saturated rings. The van der Waals surface area contributed by atoms with Crippen LogP contribution in [0.15, 0.2) is 36.5 Å². The first-order chi connectivity index (χ1) is 10.8. The summed E-state index contributed by atoms with van der Waals surface area (Å²) in [7, 11) is 0. The van der Waals surface area contributed by atoms with Gasteiger partial charge in [0, 0.05) is 6.54 Å². The van der Waals surface area contributed by atoms with E-state index >= 15 is 0 Å². The fourth-order valence-electron chi connectivity index (χ4n) is 2.60. The van der Waals surface area contributed by atoms with Crippen LogP contribution in [-0.2, 0) is 0 Å². The van der Waals surface area contributed by atoms with Gasteiger partial charge in [0.05, 0.1) is 11.9 Å². The Morgan fingerprint density at radius 1 is 1.14 bits per heavy atom. The monoisotopic (exact) mass is 297 g/mol. The number of benzene rings is 1. The minimum absolute atomic E-state index is 0.0775. The van der Waals surface area contributed by atoms with E-state index in [0.717, 1.165) is 18.5 Å². The standard InChI is InChI=1S/C17H19N3O2/c1-2-3-4-7-12-20-14-8-5-6-9-15(14)22-16-13(17(20)21)10-11-18-19-16/h5-6,8-11H,2-4,7,12H2,1H3. The molecule has 22 heavy (non-hydrogen) atoms. The molecule has 0 spiro atoms. The lowest BCUT2D eigenvalue weighted by molar-refractivity contribution is 0.0986. The second kappa shape index (κ2) is 6.56. The van der Waals surface area contributed by atoms with E-state index < -0.39 is 0 Å². The Morgan fingerprint density at radius 2 is 2.00 bits per heavy atom. The van der Waals surface area contributed by atoms with Gasteiger partial charge in [-0.3, -0.25) is 4.79 Å². The smallest absolute Gasteiger partial charge is 0.264 e. The molecular weight excluding hydrogens is 278 g/mol. The van der Waals surface area contributed by atoms with Crippen molar-refractivity contribution in [3.63, 3.8) is 0 Å². The first-order valence-corrected chi connectivity index (χ1v) is 7.71. The Balaban J connectivity index is 1.94. The van der Waals surface area contributed by atoms with Crippen molar-refractivity contribution < 1.29 is 9.53 Å². The van der Waals surface area contributed by atoms with E-state index in [1.807, 2.05) is 24.3 Å². The topological polar surface area (TPSA) is 55.3 Å². The summed E-state index contributed by atoms with van der Waals surface area (Å²) >= 11 is 0. The van der Waals surface area contributed by atoms with E-state index in [-0.39, 0.29) is 11.8 Å². The third-order valence-electron chi connectivity index (χ3n) is 3.76. The van der Waals surface area contributed by atoms with Crippen LogP contribution in [0.25, 0.3) is 0 Å². The second-order valence-electron chi connectivity index (χ2n) is 5.34. The SMILES string of the molecule is CCCCCCN1C(=O)c2ccnnc2Oc2ccccc21. The first kappa shape index (κ1) is 14.5. The Kier molecular flexibility index (Phi) is 4.32. The van der Waals surface area contributed by atoms with E-state index in [0.29, 0.717) is 17.9 Å². The first-order valence-electron chi connectivity index (χ1n) is 7.71. The van der Waals surface area contributed by atoms with Gasteiger partial charge in [0.25, 0.3) is 11.8 Å². The zero-order chi connectivity index (χ0) is 15.4. The van der Waals surface area contributed by atoms with Gasteiger partial charge in [0.2, 0.25) is 0 Å². The Morgan fingerprint density at radius 3 is 2.86 bits per heavy atom. The molecule has 0 radical (unpaired) electrons. The lowest BCUT2D eigenvalue weighted by Gasteiger charge is -2.21. The van der Waals surface area contributed by atoms with Gasteiger partial charge in [-0.15, -0.1) is 5.10 Å². The van der Waals surface area contributed by atoms with Crippen LogP contribution in [-0.4, -0.2) is 22.6 Å². The molecular formula is C17H19N3O2. The number of carbonyl (C=O) groups is 1. The fourth-order valence-corrected chi connectivity index (χ4v) is 2.60. The van der Waals surface area contributed by atoms with Gasteiger partial charge in [-0.1, -0.05) is 38.3 Å². The molecule has 3 rings (SSSR count). The quantitative estimate of drug-likeness (QED) is 0.787. The molecule has 5 heteroatoms. The van der Waals surface area contributed by atoms with Crippen molar-refractivity contribution in [3.05, 3.63) is 42.1 Å². The van der Waals surface area contributed by atoms with Crippen LogP contribution in [0.5, 0.6) is 11.6 Å². The van der Waals surface area contributed by atoms with Gasteiger partial charge < -0.3 is 9.64 Å². The number of aromatic nitrogens is 2. The summed E-state index contributed by atoms with van der Waals surface area (Å²) in [5, 5.41) is 7.77. The summed E-state index contributed by atoms with van der Waals surface area (Å²) in [5.41, 5.74) is 1.25. The van der Waals surface area contributed by atoms with Gasteiger partial charge in [-0.2, -0.15) is 5.10 Å². The molecule has 1 aliphatic rings. The van der Waals surface area contributed by atoms with Crippen molar-refractivity contribution in [1.29, 1.82) is 0 Å². The Labute approximate surface area is 129 Å². The van der Waals surface area contributed by atoms with Crippen molar-refractivity contribution in [2.24, 2.45) is 0 Å². The zero-order valence-electron chi connectivity index (χ0n) is 12.7. The van der Waals surface area contributed by atoms with Gasteiger partial charge in [-0.05, 0) is 24.6 Å². The molecule has 0 aliphatic carbocycles. The minimum atomic E-state index is -0.0775. The predicted molar refractivity (Wildman–Crippen MR) is 84.4 cm³/mol. The number of ether oxygens (including phenoxy) is 1. The van der Waals surface area contributed by atoms with Crippen molar-refractivity contribution in [1.82, 2.24) is 10.2 Å². The number of hydrogen-bond donors (Lipinski definition) is 0. The van der Waals surface area contributed by atoms with Crippen molar-refractivity contribution in [2.45, 2.75) is 32.6 Å². The highest BCUT2D eigenvalue weighted by molar-refractivity contribution is 6.09. The van der Waals surface area contributed by atoms with Gasteiger partial charge >= 0.3 is 0 Å². The highest BCUT2D eigenvalue weighted by Gasteiger charge is 2.28. The number of rotatable bonds is 5. The summed E-state index contributed by atoms with van der Waals surface area (Å²) in [4.78, 5) is 14.6. The molecule has 2 aromatic rings. The van der Waals surface area contributed by atoms with E-state index in [2.05, 4.69) is 17.1 Å². The minimum Gasteiger partial charge on any atom is -0.435 e. The molecule has 114 valence electrons. The lowest BCUT2D eigenvalue weighted by Crippen LogP contribution is -2.31. The van der Waals surface area contributed by atoms with E-state index in [1.54, 1.807) is 11.0 Å². The summed E-state index contributed by atoms with van der Waals surface area (Å²) in [6.45, 7) is 2.86. The number of hydrogen-bond acceptors (Lipinski definition) is 4. The number of fused-ring (bicyclic) bond motifs is 2. The largest absolute Gasteiger partial charge is 0.435 e. The lowest BCUT2D eigenvalue weighted by atomic mass is 10.1. The van der Waals surface area contributed by atoms with Crippen LogP contribution in [0.1, 0.15) is 43.0 Å². The van der Waals surface area contributed by atoms with Crippen LogP contribution in [0.4, 0.5) is 5.69 Å². The molecule has 0 N–H and O–H groups in total. The third kappa shape index (κ3) is 2.79. The summed E-state index contributed by atoms with van der Waals surface area (Å²) in [6, 6.07) is 9.23. The Hall–Kier alpha value is -2.43. The molecule has 1 aromatic carbocycles. The van der Waals surface area contributed by atoms with E-state index in [9.17, 15) is 4.79 Å². The molecule has 5 nitrogen and oxygen atoms in total. The number of anilines is 1. The normalized spacial score (nSPS) is 13.1. The van der Waals surface area contributed by atoms with Crippen molar-refractivity contribution in [3.8, 4) is 11.6 Å². The molecule has 2 heterocycles. The molecule has 0 atom stereocenters. The fraction of sp³-hybridized carbons (Fsp3) is 0.353. The molecule has 0 saturated carbocycles. The third-order valence-corrected chi connectivity index (χ3v) is 3.76. The van der Waals surface area contributed by atoms with E-state index in [4.69, 9.17) is 4.74 Å². The summed E-state index contributed by atoms with van der Waals surface area (Å²) in [6.07, 6.45) is 5.96. The average Bonchev–Trinajstić information content (AvgIpc) is 2.67. The van der Waals surface area contributed by atoms with Gasteiger partial charge in [0.1, 0.15) is 5.56 Å². The number of amides is 1. The Bertz CT molecular complexity index is 672. The second-order valence-corrected chi connectivity index (χ2v) is 5.34. The number of unbranched alkanes of at least 4 members (excludes halogenated alkanes) is 3. The van der Waals surface area contributed by atoms with Crippen LogP contribution in [0.3, 0.4) is 0 Å². The maximum atomic E-state index is 12.8. The summed E-state index contributed by atoms with van der Waals surface area (Å²) < 4.78 is 5.79. The summed E-state index contributed by atoms with van der Waals surface area (Å²) in [5.74, 6) is 0.841. The van der Waals surface area contributed by atoms with Crippen LogP contribution in [0.2, 0.25) is 0 Å². The number of para-hydroxylation sites is 2. The predicted octanol–water partition coefficient (Wildman–Crippen LogP) is 3.81. The van der Waals surface area contributed by atoms with Crippen LogP contribution >= 0.6 is 0 Å². The van der Waals surface area contributed by atoms with E-state index in [1.165, 1.54) is 19.0 Å². The highest BCUT2D eigenvalue weighted by atomic mass is 16.5. The molecule has 1 aromatic heterocycles. The van der Waals surface area contributed by atoms with Crippen molar-refractivity contribution in [2.75, 3.05) is 11.4 Å². The van der Waals surface area contributed by atoms with Crippen molar-refractivity contribution >= 4 is 11.6 Å². The maximum Gasteiger partial charge on any atom is 0.264 e. The average molecular weight is 297 g/mol. The number of nitrogens with zero attached hydrogens (tertiary/aromatic N) is 3. The zero-order valence-corrected chi connectivity index (χ0v) is 12.7. The highest BCUT2D eigenvalue weighted by Crippen LogP contribution is 2.37.